The van der Waals surface area contributed by atoms with Gasteiger partial charge in [-0.05, 0) is 33.2 Å². The van der Waals surface area contributed by atoms with Crippen LogP contribution in [0.4, 0.5) is 0 Å². The number of hydrogen-bond acceptors (Lipinski definition) is 3. The fourth-order valence-electron chi connectivity index (χ4n) is 2.49. The van der Waals surface area contributed by atoms with Crippen LogP contribution in [0.5, 0.6) is 0 Å². The molecule has 1 unspecified atom stereocenters. The maximum atomic E-state index is 12.3. The third kappa shape index (κ3) is 3.19. The van der Waals surface area contributed by atoms with Crippen LogP contribution in [-0.2, 0) is 4.79 Å². The fraction of sp³-hybridized carbons (Fsp3) is 0.923. The van der Waals surface area contributed by atoms with Gasteiger partial charge in [-0.25, -0.2) is 0 Å². The molecule has 0 aromatic heterocycles. The van der Waals surface area contributed by atoms with Gasteiger partial charge in [0.1, 0.15) is 0 Å². The molecule has 0 aromatic rings. The number of hydrogen-bond donors (Lipinski definition) is 1. The maximum Gasteiger partial charge on any atom is 0.240 e. The van der Waals surface area contributed by atoms with Crippen molar-refractivity contribution < 1.29 is 9.90 Å². The Labute approximate surface area is 105 Å². The number of aliphatic hydroxyl groups is 1. The molecule has 0 aromatic carbocycles. The van der Waals surface area contributed by atoms with Crippen molar-refractivity contribution in [3.8, 4) is 0 Å². The van der Waals surface area contributed by atoms with Crippen LogP contribution in [0.2, 0.25) is 0 Å². The second-order valence-electron chi connectivity index (χ2n) is 6.06. The summed E-state index contributed by atoms with van der Waals surface area (Å²) < 4.78 is 0. The highest BCUT2D eigenvalue weighted by molar-refractivity contribution is 5.83. The molecule has 1 atom stereocenters. The van der Waals surface area contributed by atoms with Gasteiger partial charge in [0.2, 0.25) is 5.91 Å². The number of carbonyl (C=O) groups excluding carboxylic acids is 1. The molecule has 1 N–H and O–H groups in total. The van der Waals surface area contributed by atoms with Crippen molar-refractivity contribution in [1.29, 1.82) is 0 Å². The summed E-state index contributed by atoms with van der Waals surface area (Å²) in [5.74, 6) is 0.641. The Balaban J connectivity index is 2.86. The van der Waals surface area contributed by atoms with Gasteiger partial charge in [0.05, 0.1) is 6.04 Å². The Morgan fingerprint density at radius 3 is 2.53 bits per heavy atom. The quantitative estimate of drug-likeness (QED) is 0.798. The van der Waals surface area contributed by atoms with Crippen LogP contribution in [0.3, 0.4) is 0 Å². The van der Waals surface area contributed by atoms with E-state index in [-0.39, 0.29) is 24.1 Å². The minimum Gasteiger partial charge on any atom is -0.396 e. The molecule has 1 amide bonds. The number of rotatable bonds is 4. The zero-order valence-corrected chi connectivity index (χ0v) is 11.7. The Hall–Kier alpha value is -0.610. The lowest BCUT2D eigenvalue weighted by Gasteiger charge is -2.49. The standard InChI is InChI=1S/C13H26N2O2/c1-10(2)8-15-9-13(3,4)14(5)11(6-7-16)12(15)17/h10-11,16H,6-9H2,1-5H3. The topological polar surface area (TPSA) is 43.8 Å². The summed E-state index contributed by atoms with van der Waals surface area (Å²) in [6.07, 6.45) is 0.521. The van der Waals surface area contributed by atoms with E-state index in [1.807, 2.05) is 11.9 Å². The van der Waals surface area contributed by atoms with Crippen molar-refractivity contribution in [3.63, 3.8) is 0 Å². The van der Waals surface area contributed by atoms with Crippen molar-refractivity contribution in [1.82, 2.24) is 9.80 Å². The van der Waals surface area contributed by atoms with Crippen LogP contribution in [0.15, 0.2) is 0 Å². The Bertz CT molecular complexity index is 277. The molecule has 0 spiro atoms. The maximum absolute atomic E-state index is 12.3. The first-order valence-electron chi connectivity index (χ1n) is 6.42. The molecule has 1 aliphatic rings. The molecule has 1 heterocycles. The highest BCUT2D eigenvalue weighted by Crippen LogP contribution is 2.26. The molecule has 0 bridgehead atoms. The largest absolute Gasteiger partial charge is 0.396 e. The van der Waals surface area contributed by atoms with Crippen LogP contribution >= 0.6 is 0 Å². The van der Waals surface area contributed by atoms with Gasteiger partial charge in [0.25, 0.3) is 0 Å². The van der Waals surface area contributed by atoms with Crippen molar-refractivity contribution in [3.05, 3.63) is 0 Å². The molecule has 1 aliphatic heterocycles. The van der Waals surface area contributed by atoms with Gasteiger partial charge in [0.15, 0.2) is 0 Å². The van der Waals surface area contributed by atoms with Gasteiger partial charge in [0, 0.05) is 25.2 Å². The molecular formula is C13H26N2O2. The van der Waals surface area contributed by atoms with E-state index in [4.69, 9.17) is 5.11 Å². The van der Waals surface area contributed by atoms with E-state index in [1.165, 1.54) is 0 Å². The molecular weight excluding hydrogens is 216 g/mol. The van der Waals surface area contributed by atoms with Crippen LogP contribution in [0, 0.1) is 5.92 Å². The first kappa shape index (κ1) is 14.5. The first-order valence-corrected chi connectivity index (χ1v) is 6.42. The van der Waals surface area contributed by atoms with Gasteiger partial charge >= 0.3 is 0 Å². The number of amides is 1. The van der Waals surface area contributed by atoms with E-state index < -0.39 is 0 Å². The van der Waals surface area contributed by atoms with Crippen LogP contribution in [-0.4, -0.2) is 59.1 Å². The lowest BCUT2D eigenvalue weighted by molar-refractivity contribution is -0.149. The third-order valence-corrected chi connectivity index (χ3v) is 3.58. The Morgan fingerprint density at radius 1 is 1.47 bits per heavy atom. The number of aliphatic hydroxyl groups excluding tert-OH is 1. The van der Waals surface area contributed by atoms with Gasteiger partial charge in [-0.1, -0.05) is 13.8 Å². The molecule has 1 fully saturated rings. The molecule has 17 heavy (non-hydrogen) atoms. The van der Waals surface area contributed by atoms with Crippen LogP contribution in [0.25, 0.3) is 0 Å². The minimum atomic E-state index is -0.178. The summed E-state index contributed by atoms with van der Waals surface area (Å²) in [7, 11) is 1.98. The molecule has 1 rings (SSSR count). The fourth-order valence-corrected chi connectivity index (χ4v) is 2.49. The summed E-state index contributed by atoms with van der Waals surface area (Å²) >= 11 is 0. The lowest BCUT2D eigenvalue weighted by atomic mass is 9.93. The summed E-state index contributed by atoms with van der Waals surface area (Å²) in [6.45, 7) is 10.2. The van der Waals surface area contributed by atoms with Gasteiger partial charge in [-0.15, -0.1) is 0 Å². The smallest absolute Gasteiger partial charge is 0.240 e. The van der Waals surface area contributed by atoms with E-state index in [0.717, 1.165) is 13.1 Å². The lowest BCUT2D eigenvalue weighted by Crippen LogP contribution is -2.65. The second kappa shape index (κ2) is 5.36. The number of piperazine rings is 1. The summed E-state index contributed by atoms with van der Waals surface area (Å²) in [6, 6.07) is -0.178. The predicted molar refractivity (Wildman–Crippen MR) is 68.8 cm³/mol. The number of likely N-dealkylation sites (N-methyl/N-ethyl adjacent to an activating group) is 1. The highest BCUT2D eigenvalue weighted by atomic mass is 16.3. The summed E-state index contributed by atoms with van der Waals surface area (Å²) in [5.41, 5.74) is -0.0252. The van der Waals surface area contributed by atoms with E-state index >= 15 is 0 Å². The van der Waals surface area contributed by atoms with Crippen LogP contribution < -0.4 is 0 Å². The molecule has 4 heteroatoms. The van der Waals surface area contributed by atoms with Crippen molar-refractivity contribution >= 4 is 5.91 Å². The van der Waals surface area contributed by atoms with Gasteiger partial charge in [-0.3, -0.25) is 9.69 Å². The second-order valence-corrected chi connectivity index (χ2v) is 6.06. The summed E-state index contributed by atoms with van der Waals surface area (Å²) in [5, 5.41) is 9.10. The molecule has 100 valence electrons. The Kier molecular flexibility index (Phi) is 4.55. The van der Waals surface area contributed by atoms with Crippen molar-refractivity contribution in [2.75, 3.05) is 26.7 Å². The van der Waals surface area contributed by atoms with Crippen LogP contribution in [0.1, 0.15) is 34.1 Å². The number of carbonyl (C=O) groups is 1. The molecule has 0 aliphatic carbocycles. The number of nitrogens with zero attached hydrogens (tertiary/aromatic N) is 2. The monoisotopic (exact) mass is 242 g/mol. The molecule has 1 saturated heterocycles. The molecule has 0 saturated carbocycles. The SMILES string of the molecule is CC(C)CN1CC(C)(C)N(C)C(CCO)C1=O. The third-order valence-electron chi connectivity index (χ3n) is 3.58. The normalized spacial score (nSPS) is 25.7. The Morgan fingerprint density at radius 2 is 2.06 bits per heavy atom. The van der Waals surface area contributed by atoms with Gasteiger partial charge < -0.3 is 10.0 Å². The minimum absolute atomic E-state index is 0.0252. The highest BCUT2D eigenvalue weighted by Gasteiger charge is 2.42. The van der Waals surface area contributed by atoms with E-state index in [2.05, 4.69) is 32.6 Å². The van der Waals surface area contributed by atoms with Crippen molar-refractivity contribution in [2.24, 2.45) is 5.92 Å². The zero-order valence-electron chi connectivity index (χ0n) is 11.7. The predicted octanol–water partition coefficient (Wildman–Crippen LogP) is 0.946. The van der Waals surface area contributed by atoms with E-state index in [1.54, 1.807) is 0 Å². The van der Waals surface area contributed by atoms with Crippen molar-refractivity contribution in [2.45, 2.75) is 45.7 Å². The van der Waals surface area contributed by atoms with E-state index in [0.29, 0.717) is 12.3 Å². The summed E-state index contributed by atoms with van der Waals surface area (Å²) in [4.78, 5) is 16.4. The molecule has 4 nitrogen and oxygen atoms in total. The average molecular weight is 242 g/mol. The molecule has 0 radical (unpaired) electrons. The zero-order chi connectivity index (χ0) is 13.2. The van der Waals surface area contributed by atoms with Gasteiger partial charge in [-0.2, -0.15) is 0 Å². The average Bonchev–Trinajstić information content (AvgIpc) is 2.20. The first-order chi connectivity index (χ1) is 7.79. The van der Waals surface area contributed by atoms with E-state index in [9.17, 15) is 4.79 Å².